The Morgan fingerprint density at radius 3 is 2.89 bits per heavy atom. The summed E-state index contributed by atoms with van der Waals surface area (Å²) in [6.45, 7) is 3.46. The van der Waals surface area contributed by atoms with Crippen molar-refractivity contribution in [1.82, 2.24) is 9.88 Å². The third-order valence-electron chi connectivity index (χ3n) is 3.03. The molecule has 18 heavy (non-hydrogen) atoms. The molecule has 5 nitrogen and oxygen atoms in total. The quantitative estimate of drug-likeness (QED) is 0.608. The summed E-state index contributed by atoms with van der Waals surface area (Å²) in [5.74, 6) is -0.181. The van der Waals surface area contributed by atoms with Gasteiger partial charge in [0, 0.05) is 25.7 Å². The summed E-state index contributed by atoms with van der Waals surface area (Å²) in [4.78, 5) is 10.9. The number of aromatic nitrogens is 1. The van der Waals surface area contributed by atoms with E-state index in [0.29, 0.717) is 18.7 Å². The summed E-state index contributed by atoms with van der Waals surface area (Å²) in [5, 5.41) is 12.2. The van der Waals surface area contributed by atoms with Gasteiger partial charge in [0.15, 0.2) is 0 Å². The monoisotopic (exact) mass is 249 g/mol. The minimum Gasteiger partial charge on any atom is -0.469 e. The van der Waals surface area contributed by atoms with E-state index in [1.54, 1.807) is 0 Å². The second-order valence-electron chi connectivity index (χ2n) is 4.17. The van der Waals surface area contributed by atoms with Gasteiger partial charge in [-0.15, -0.1) is 0 Å². The van der Waals surface area contributed by atoms with E-state index >= 15 is 0 Å². The zero-order valence-electron chi connectivity index (χ0n) is 11.1. The molecular formula is C13H19N3O2. The van der Waals surface area contributed by atoms with Crippen molar-refractivity contribution in [3.63, 3.8) is 0 Å². The Bertz CT molecular complexity index is 458. The van der Waals surface area contributed by atoms with E-state index in [4.69, 9.17) is 5.26 Å². The van der Waals surface area contributed by atoms with Crippen molar-refractivity contribution in [3.8, 4) is 6.07 Å². The van der Waals surface area contributed by atoms with Crippen LogP contribution >= 0.6 is 0 Å². The molecule has 0 aliphatic rings. The topological polar surface area (TPSA) is 67.0 Å². The molecule has 0 atom stereocenters. The first-order chi connectivity index (χ1) is 8.60. The van der Waals surface area contributed by atoms with Crippen LogP contribution in [0.3, 0.4) is 0 Å². The lowest BCUT2D eigenvalue weighted by molar-refractivity contribution is -0.140. The van der Waals surface area contributed by atoms with Crippen LogP contribution in [0.2, 0.25) is 0 Å². The van der Waals surface area contributed by atoms with Gasteiger partial charge in [-0.3, -0.25) is 4.79 Å². The maximum absolute atomic E-state index is 10.9. The van der Waals surface area contributed by atoms with Gasteiger partial charge in [-0.05, 0) is 31.5 Å². The van der Waals surface area contributed by atoms with Gasteiger partial charge in [-0.2, -0.15) is 5.26 Å². The minimum atomic E-state index is -0.181. The molecule has 0 fully saturated rings. The highest BCUT2D eigenvalue weighted by molar-refractivity contribution is 5.69. The molecule has 0 bridgehead atoms. The molecule has 1 aromatic rings. The van der Waals surface area contributed by atoms with Gasteiger partial charge in [-0.25, -0.2) is 0 Å². The summed E-state index contributed by atoms with van der Waals surface area (Å²) in [5.41, 5.74) is 2.87. The Morgan fingerprint density at radius 2 is 2.33 bits per heavy atom. The number of hydrogen-bond acceptors (Lipinski definition) is 4. The minimum absolute atomic E-state index is 0.181. The highest BCUT2D eigenvalue weighted by atomic mass is 16.5. The van der Waals surface area contributed by atoms with Gasteiger partial charge >= 0.3 is 5.97 Å². The van der Waals surface area contributed by atoms with Gasteiger partial charge in [0.1, 0.15) is 11.8 Å². The van der Waals surface area contributed by atoms with Crippen molar-refractivity contribution in [2.45, 2.75) is 26.3 Å². The fraction of sp³-hybridized carbons (Fsp3) is 0.538. The zero-order chi connectivity index (χ0) is 13.5. The molecule has 0 unspecified atom stereocenters. The van der Waals surface area contributed by atoms with Gasteiger partial charge in [-0.1, -0.05) is 0 Å². The summed E-state index contributed by atoms with van der Waals surface area (Å²) < 4.78 is 6.44. The predicted octanol–water partition coefficient (Wildman–Crippen LogP) is 1.25. The number of carbonyl (C=O) groups is 1. The maximum Gasteiger partial charge on any atom is 0.305 e. The molecule has 0 aliphatic heterocycles. The Balaban J connectivity index is 2.36. The predicted molar refractivity (Wildman–Crippen MR) is 67.8 cm³/mol. The lowest BCUT2D eigenvalue weighted by atomic mass is 10.2. The van der Waals surface area contributed by atoms with E-state index in [-0.39, 0.29) is 5.97 Å². The normalized spacial score (nSPS) is 10.1. The standard InChI is InChI=1S/C13H19N3O2/c1-10-11(7-12(8-14)16(10)2)9-15-6-4-5-13(17)18-3/h7,15H,4-6,9H2,1-3H3. The third kappa shape index (κ3) is 3.60. The number of esters is 1. The molecule has 1 heterocycles. The smallest absolute Gasteiger partial charge is 0.305 e. The van der Waals surface area contributed by atoms with Gasteiger partial charge in [0.2, 0.25) is 0 Å². The van der Waals surface area contributed by atoms with Crippen LogP contribution in [0.1, 0.15) is 29.8 Å². The average Bonchev–Trinajstić information content (AvgIpc) is 2.65. The molecular weight excluding hydrogens is 230 g/mol. The number of rotatable bonds is 6. The number of ether oxygens (including phenoxy) is 1. The highest BCUT2D eigenvalue weighted by Gasteiger charge is 2.07. The molecule has 0 aromatic carbocycles. The SMILES string of the molecule is COC(=O)CCCNCc1cc(C#N)n(C)c1C. The van der Waals surface area contributed by atoms with Crippen molar-refractivity contribution in [1.29, 1.82) is 5.26 Å². The molecule has 1 rings (SSSR count). The van der Waals surface area contributed by atoms with Crippen LogP contribution in [0.5, 0.6) is 0 Å². The molecule has 0 spiro atoms. The first-order valence-electron chi connectivity index (χ1n) is 5.93. The molecule has 1 N–H and O–H groups in total. The Hall–Kier alpha value is -1.80. The van der Waals surface area contributed by atoms with E-state index in [9.17, 15) is 4.79 Å². The molecule has 0 radical (unpaired) electrons. The average molecular weight is 249 g/mol. The summed E-state index contributed by atoms with van der Waals surface area (Å²) in [6.07, 6.45) is 1.18. The van der Waals surface area contributed by atoms with Gasteiger partial charge < -0.3 is 14.6 Å². The summed E-state index contributed by atoms with van der Waals surface area (Å²) >= 11 is 0. The number of nitrogens with zero attached hydrogens (tertiary/aromatic N) is 2. The number of nitrogens with one attached hydrogen (secondary N) is 1. The van der Waals surface area contributed by atoms with Crippen LogP contribution in [0, 0.1) is 18.3 Å². The van der Waals surface area contributed by atoms with Crippen LogP contribution in [0.15, 0.2) is 6.07 Å². The zero-order valence-corrected chi connectivity index (χ0v) is 11.1. The second-order valence-corrected chi connectivity index (χ2v) is 4.17. The van der Waals surface area contributed by atoms with E-state index in [1.807, 2.05) is 24.6 Å². The number of carbonyl (C=O) groups excluding carboxylic acids is 1. The fourth-order valence-electron chi connectivity index (χ4n) is 1.73. The van der Waals surface area contributed by atoms with Crippen LogP contribution < -0.4 is 5.32 Å². The fourth-order valence-corrected chi connectivity index (χ4v) is 1.73. The molecule has 0 saturated carbocycles. The molecule has 0 aliphatic carbocycles. The molecule has 98 valence electrons. The Morgan fingerprint density at radius 1 is 1.61 bits per heavy atom. The highest BCUT2D eigenvalue weighted by Crippen LogP contribution is 2.12. The Labute approximate surface area is 107 Å². The maximum atomic E-state index is 10.9. The lowest BCUT2D eigenvalue weighted by Crippen LogP contribution is -2.16. The van der Waals surface area contributed by atoms with Crippen molar-refractivity contribution >= 4 is 5.97 Å². The summed E-state index contributed by atoms with van der Waals surface area (Å²) in [7, 11) is 3.28. The van der Waals surface area contributed by atoms with Crippen LogP contribution in [0.25, 0.3) is 0 Å². The van der Waals surface area contributed by atoms with Crippen molar-refractivity contribution in [3.05, 3.63) is 23.0 Å². The third-order valence-corrected chi connectivity index (χ3v) is 3.03. The number of methoxy groups -OCH3 is 1. The first kappa shape index (κ1) is 14.3. The largest absolute Gasteiger partial charge is 0.469 e. The second kappa shape index (κ2) is 6.82. The van der Waals surface area contributed by atoms with Crippen LogP contribution in [-0.4, -0.2) is 24.2 Å². The molecule has 0 amide bonds. The van der Waals surface area contributed by atoms with E-state index in [1.165, 1.54) is 7.11 Å². The molecule has 0 saturated heterocycles. The van der Waals surface area contributed by atoms with Crippen molar-refractivity contribution in [2.24, 2.45) is 7.05 Å². The van der Waals surface area contributed by atoms with Crippen LogP contribution in [-0.2, 0) is 23.1 Å². The van der Waals surface area contributed by atoms with Crippen molar-refractivity contribution in [2.75, 3.05) is 13.7 Å². The van der Waals surface area contributed by atoms with Crippen molar-refractivity contribution < 1.29 is 9.53 Å². The first-order valence-corrected chi connectivity index (χ1v) is 5.93. The molecule has 5 heteroatoms. The lowest BCUT2D eigenvalue weighted by Gasteiger charge is -2.04. The summed E-state index contributed by atoms with van der Waals surface area (Å²) in [6, 6.07) is 4.05. The van der Waals surface area contributed by atoms with E-state index < -0.39 is 0 Å². The molecule has 1 aromatic heterocycles. The van der Waals surface area contributed by atoms with Gasteiger partial charge in [0.05, 0.1) is 7.11 Å². The van der Waals surface area contributed by atoms with E-state index in [2.05, 4.69) is 16.1 Å². The van der Waals surface area contributed by atoms with E-state index in [0.717, 1.165) is 24.2 Å². The van der Waals surface area contributed by atoms with Crippen LogP contribution in [0.4, 0.5) is 0 Å². The number of nitriles is 1. The number of hydrogen-bond donors (Lipinski definition) is 1. The Kier molecular flexibility index (Phi) is 5.40. The van der Waals surface area contributed by atoms with Gasteiger partial charge in [0.25, 0.3) is 0 Å².